The molecule has 1 aliphatic rings. The largest absolute Gasteiger partial charge is 0.415 e. The minimum atomic E-state index is -1.36. The van der Waals surface area contributed by atoms with E-state index in [1.165, 1.54) is 38.5 Å². The van der Waals surface area contributed by atoms with Gasteiger partial charge in [0.2, 0.25) is 0 Å². The predicted molar refractivity (Wildman–Crippen MR) is 84.1 cm³/mol. The van der Waals surface area contributed by atoms with Gasteiger partial charge in [-0.1, -0.05) is 0 Å². The fraction of sp³-hybridized carbons (Fsp3) is 1.00. The van der Waals surface area contributed by atoms with Gasteiger partial charge in [0.1, 0.15) is 0 Å². The normalized spacial score (nSPS) is 27.7. The Balaban J connectivity index is 2.36. The van der Waals surface area contributed by atoms with Crippen molar-refractivity contribution in [2.45, 2.75) is 90.0 Å². The Morgan fingerprint density at radius 1 is 0.611 bits per heavy atom. The Bertz CT molecular complexity index is 209. The van der Waals surface area contributed by atoms with Crippen LogP contribution in [0.4, 0.5) is 0 Å². The first-order valence-electron chi connectivity index (χ1n) is 7.51. The first-order chi connectivity index (χ1) is 8.16. The molecule has 18 heavy (non-hydrogen) atoms. The molecule has 0 N–H and O–H groups in total. The fourth-order valence-electron chi connectivity index (χ4n) is 2.67. The highest BCUT2D eigenvalue weighted by molar-refractivity contribution is 6.70. The van der Waals surface area contributed by atoms with Crippen LogP contribution in [-0.4, -0.2) is 28.8 Å². The average molecular weight is 289 g/mol. The molecule has 2 nitrogen and oxygen atoms in total. The van der Waals surface area contributed by atoms with Gasteiger partial charge in [-0.2, -0.15) is 0 Å². The van der Waals surface area contributed by atoms with Crippen LogP contribution in [0.1, 0.15) is 38.5 Å². The number of hydrogen-bond donors (Lipinski definition) is 0. The van der Waals surface area contributed by atoms with Crippen molar-refractivity contribution in [3.8, 4) is 0 Å². The first kappa shape index (κ1) is 16.4. The molecule has 0 aromatic rings. The van der Waals surface area contributed by atoms with E-state index >= 15 is 0 Å². The van der Waals surface area contributed by atoms with E-state index in [1.54, 1.807) is 0 Å². The predicted octanol–water partition coefficient (Wildman–Crippen LogP) is 4.78. The average Bonchev–Trinajstić information content (AvgIpc) is 2.08. The van der Waals surface area contributed by atoms with E-state index in [2.05, 4.69) is 39.3 Å². The van der Waals surface area contributed by atoms with Crippen LogP contribution >= 0.6 is 0 Å². The van der Waals surface area contributed by atoms with Gasteiger partial charge >= 0.3 is 0 Å². The molecule has 1 aliphatic carbocycles. The van der Waals surface area contributed by atoms with Gasteiger partial charge in [-0.25, -0.2) is 0 Å². The van der Waals surface area contributed by atoms with Crippen LogP contribution in [0.3, 0.4) is 0 Å². The van der Waals surface area contributed by atoms with Crippen molar-refractivity contribution >= 4 is 16.6 Å². The zero-order chi connectivity index (χ0) is 13.8. The molecule has 4 heteroatoms. The second-order valence-electron chi connectivity index (χ2n) is 7.57. The van der Waals surface area contributed by atoms with Crippen LogP contribution in [0.25, 0.3) is 0 Å². The van der Waals surface area contributed by atoms with E-state index < -0.39 is 16.6 Å². The van der Waals surface area contributed by atoms with Crippen molar-refractivity contribution < 1.29 is 8.85 Å². The summed E-state index contributed by atoms with van der Waals surface area (Å²) in [7, 11) is -2.73. The summed E-state index contributed by atoms with van der Waals surface area (Å²) in [6.07, 6.45) is 8.50. The Kier molecular flexibility index (Phi) is 6.09. The van der Waals surface area contributed by atoms with Crippen molar-refractivity contribution in [3.63, 3.8) is 0 Å². The third kappa shape index (κ3) is 7.72. The topological polar surface area (TPSA) is 18.5 Å². The van der Waals surface area contributed by atoms with Gasteiger partial charge in [-0.05, 0) is 77.8 Å². The van der Waals surface area contributed by atoms with Crippen molar-refractivity contribution in [3.05, 3.63) is 0 Å². The van der Waals surface area contributed by atoms with E-state index in [0.29, 0.717) is 12.2 Å². The Labute approximate surface area is 116 Å². The summed E-state index contributed by atoms with van der Waals surface area (Å²) in [5.74, 6) is 0. The molecular formula is C14H32O2Si2. The molecule has 108 valence electrons. The Morgan fingerprint density at radius 3 is 1.11 bits per heavy atom. The van der Waals surface area contributed by atoms with E-state index in [9.17, 15) is 0 Å². The molecule has 1 rings (SSSR count). The van der Waals surface area contributed by atoms with Gasteiger partial charge in [-0.3, -0.25) is 0 Å². The quantitative estimate of drug-likeness (QED) is 0.693. The molecule has 0 aliphatic heterocycles. The highest BCUT2D eigenvalue weighted by Gasteiger charge is 2.25. The Hall–Kier alpha value is 0.354. The van der Waals surface area contributed by atoms with Crippen LogP contribution in [0.15, 0.2) is 0 Å². The molecule has 0 unspecified atom stereocenters. The summed E-state index contributed by atoms with van der Waals surface area (Å²) < 4.78 is 12.5. The molecule has 0 heterocycles. The van der Waals surface area contributed by atoms with Crippen LogP contribution in [0.5, 0.6) is 0 Å². The molecule has 0 saturated heterocycles. The van der Waals surface area contributed by atoms with Gasteiger partial charge in [-0.15, -0.1) is 0 Å². The molecule has 1 saturated carbocycles. The summed E-state index contributed by atoms with van der Waals surface area (Å²) in [6, 6.07) is 0. The minimum absolute atomic E-state index is 0.518. The zero-order valence-corrected chi connectivity index (χ0v) is 15.2. The molecule has 1 fully saturated rings. The number of hydrogen-bond acceptors (Lipinski definition) is 2. The molecule has 0 spiro atoms. The highest BCUT2D eigenvalue weighted by Crippen LogP contribution is 2.25. The summed E-state index contributed by atoms with van der Waals surface area (Å²) in [6.45, 7) is 13.8. The lowest BCUT2D eigenvalue weighted by Crippen LogP contribution is -2.35. The second-order valence-corrected chi connectivity index (χ2v) is 16.5. The second kappa shape index (κ2) is 6.68. The standard InChI is InChI=1S/C14H32O2Si2/c1-17(2,3)15-13-9-7-11-14(12-8-10-13)16-18(4,5)6/h13-14H,7-12H2,1-6H3. The van der Waals surface area contributed by atoms with Gasteiger partial charge in [0.25, 0.3) is 0 Å². The van der Waals surface area contributed by atoms with E-state index in [4.69, 9.17) is 8.85 Å². The lowest BCUT2D eigenvalue weighted by atomic mass is 9.97. The lowest BCUT2D eigenvalue weighted by molar-refractivity contribution is 0.113. The third-order valence-electron chi connectivity index (χ3n) is 3.14. The minimum Gasteiger partial charge on any atom is -0.415 e. The van der Waals surface area contributed by atoms with Crippen LogP contribution in [-0.2, 0) is 8.85 Å². The molecule has 0 bridgehead atoms. The monoisotopic (exact) mass is 288 g/mol. The van der Waals surface area contributed by atoms with Crippen molar-refractivity contribution in [1.29, 1.82) is 0 Å². The fourth-order valence-corrected chi connectivity index (χ4v) is 5.14. The van der Waals surface area contributed by atoms with Gasteiger partial charge in [0.05, 0.1) is 0 Å². The van der Waals surface area contributed by atoms with Crippen molar-refractivity contribution in [1.82, 2.24) is 0 Å². The number of rotatable bonds is 4. The van der Waals surface area contributed by atoms with Crippen LogP contribution in [0.2, 0.25) is 39.3 Å². The maximum Gasteiger partial charge on any atom is 0.184 e. The molecule has 0 radical (unpaired) electrons. The van der Waals surface area contributed by atoms with Crippen LogP contribution in [0, 0.1) is 0 Å². The molecule has 0 aromatic carbocycles. The molecule has 0 aromatic heterocycles. The maximum atomic E-state index is 6.26. The molecule has 0 atom stereocenters. The molecular weight excluding hydrogens is 256 g/mol. The lowest BCUT2D eigenvalue weighted by Gasteiger charge is -2.32. The summed E-state index contributed by atoms with van der Waals surface area (Å²) >= 11 is 0. The van der Waals surface area contributed by atoms with Crippen molar-refractivity contribution in [2.24, 2.45) is 0 Å². The maximum absolute atomic E-state index is 6.26. The zero-order valence-electron chi connectivity index (χ0n) is 13.2. The molecule has 0 amide bonds. The van der Waals surface area contributed by atoms with Crippen molar-refractivity contribution in [2.75, 3.05) is 0 Å². The van der Waals surface area contributed by atoms with E-state index in [1.807, 2.05) is 0 Å². The third-order valence-corrected chi connectivity index (χ3v) is 5.23. The van der Waals surface area contributed by atoms with E-state index in [0.717, 1.165) is 0 Å². The SMILES string of the molecule is C[Si](C)(C)OC1CCCC(O[Si](C)(C)C)CCC1. The summed E-state index contributed by atoms with van der Waals surface area (Å²) in [4.78, 5) is 0. The van der Waals surface area contributed by atoms with Gasteiger partial charge in [0.15, 0.2) is 16.6 Å². The summed E-state index contributed by atoms with van der Waals surface area (Å²) in [5.41, 5.74) is 0. The van der Waals surface area contributed by atoms with Gasteiger partial charge < -0.3 is 8.85 Å². The highest BCUT2D eigenvalue weighted by atomic mass is 28.4. The Morgan fingerprint density at radius 2 is 0.889 bits per heavy atom. The van der Waals surface area contributed by atoms with Gasteiger partial charge in [0, 0.05) is 12.2 Å². The summed E-state index contributed by atoms with van der Waals surface area (Å²) in [5, 5.41) is 0. The first-order valence-corrected chi connectivity index (χ1v) is 14.3. The van der Waals surface area contributed by atoms with Crippen LogP contribution < -0.4 is 0 Å². The van der Waals surface area contributed by atoms with E-state index in [-0.39, 0.29) is 0 Å². The smallest absolute Gasteiger partial charge is 0.184 e.